The molecule has 0 saturated carbocycles. The van der Waals surface area contributed by atoms with Gasteiger partial charge in [0.1, 0.15) is 5.82 Å². The van der Waals surface area contributed by atoms with E-state index in [-0.39, 0.29) is 6.10 Å². The minimum absolute atomic E-state index is 0.353. The Morgan fingerprint density at radius 3 is 2.80 bits per heavy atom. The topological polar surface area (TPSA) is 49.3 Å². The molecule has 2 heterocycles. The molecule has 1 atom stereocenters. The number of piperidine rings is 1. The zero-order valence-corrected chi connectivity index (χ0v) is 9.83. The van der Waals surface area contributed by atoms with Crippen LogP contribution in [0.4, 0.5) is 5.13 Å². The molecule has 2 rings (SSSR count). The Labute approximate surface area is 94.1 Å². The normalized spacial score (nSPS) is 19.2. The van der Waals surface area contributed by atoms with Crippen molar-refractivity contribution in [2.75, 3.05) is 18.0 Å². The molecule has 0 spiro atoms. The standard InChI is InChI=1S/C10H17N3OS/c1-8(14)7-9-11-10(15-12-9)13-5-3-2-4-6-13/h8,14H,2-7H2,1H3/t8-/m0/s1. The molecular weight excluding hydrogens is 210 g/mol. The fourth-order valence-corrected chi connectivity index (χ4v) is 2.55. The molecule has 15 heavy (non-hydrogen) atoms. The van der Waals surface area contributed by atoms with Crippen LogP contribution >= 0.6 is 11.5 Å². The van der Waals surface area contributed by atoms with E-state index in [0.717, 1.165) is 24.0 Å². The number of aromatic nitrogens is 2. The van der Waals surface area contributed by atoms with Crippen LogP contribution in [0.2, 0.25) is 0 Å². The van der Waals surface area contributed by atoms with E-state index in [1.54, 1.807) is 6.92 Å². The van der Waals surface area contributed by atoms with E-state index in [9.17, 15) is 5.11 Å². The highest BCUT2D eigenvalue weighted by Gasteiger charge is 2.15. The zero-order chi connectivity index (χ0) is 10.7. The van der Waals surface area contributed by atoms with Gasteiger partial charge in [0.15, 0.2) is 0 Å². The van der Waals surface area contributed by atoms with Crippen molar-refractivity contribution in [3.05, 3.63) is 5.82 Å². The van der Waals surface area contributed by atoms with Crippen LogP contribution in [-0.2, 0) is 6.42 Å². The Morgan fingerprint density at radius 1 is 1.40 bits per heavy atom. The first kappa shape index (κ1) is 10.8. The van der Waals surface area contributed by atoms with E-state index in [1.807, 2.05) is 0 Å². The molecule has 0 aliphatic carbocycles. The highest BCUT2D eigenvalue weighted by atomic mass is 32.1. The summed E-state index contributed by atoms with van der Waals surface area (Å²) in [5.41, 5.74) is 0. The molecule has 0 aromatic carbocycles. The third-order valence-electron chi connectivity index (χ3n) is 2.56. The van der Waals surface area contributed by atoms with Crippen LogP contribution in [0.5, 0.6) is 0 Å². The van der Waals surface area contributed by atoms with Gasteiger partial charge in [-0.25, -0.2) is 4.98 Å². The first-order valence-corrected chi connectivity index (χ1v) is 6.28. The Morgan fingerprint density at radius 2 is 2.13 bits per heavy atom. The lowest BCUT2D eigenvalue weighted by Crippen LogP contribution is -2.29. The molecule has 1 aliphatic rings. The van der Waals surface area contributed by atoms with Gasteiger partial charge in [0, 0.05) is 31.0 Å². The number of rotatable bonds is 3. The first-order chi connectivity index (χ1) is 7.25. The summed E-state index contributed by atoms with van der Waals surface area (Å²) in [6.45, 7) is 3.97. The molecule has 0 unspecified atom stereocenters. The smallest absolute Gasteiger partial charge is 0.205 e. The van der Waals surface area contributed by atoms with Crippen molar-refractivity contribution in [3.8, 4) is 0 Å². The van der Waals surface area contributed by atoms with Crippen molar-refractivity contribution < 1.29 is 5.11 Å². The molecule has 0 amide bonds. The molecule has 1 aromatic rings. The van der Waals surface area contributed by atoms with Gasteiger partial charge in [0.05, 0.1) is 6.10 Å². The summed E-state index contributed by atoms with van der Waals surface area (Å²) in [6, 6.07) is 0. The Kier molecular flexibility index (Phi) is 3.53. The SMILES string of the molecule is C[C@H](O)Cc1nsc(N2CCCCC2)n1. The molecule has 1 aliphatic heterocycles. The quantitative estimate of drug-likeness (QED) is 0.849. The molecule has 1 saturated heterocycles. The van der Waals surface area contributed by atoms with E-state index in [0.29, 0.717) is 6.42 Å². The van der Waals surface area contributed by atoms with Gasteiger partial charge >= 0.3 is 0 Å². The lowest BCUT2D eigenvalue weighted by Gasteiger charge is -2.25. The van der Waals surface area contributed by atoms with Crippen molar-refractivity contribution in [1.29, 1.82) is 0 Å². The fraction of sp³-hybridized carbons (Fsp3) is 0.800. The molecule has 1 aromatic heterocycles. The van der Waals surface area contributed by atoms with Gasteiger partial charge in [-0.3, -0.25) is 0 Å². The lowest BCUT2D eigenvalue weighted by molar-refractivity contribution is 0.193. The third-order valence-corrected chi connectivity index (χ3v) is 3.38. The van der Waals surface area contributed by atoms with E-state index >= 15 is 0 Å². The summed E-state index contributed by atoms with van der Waals surface area (Å²) < 4.78 is 4.26. The highest BCUT2D eigenvalue weighted by molar-refractivity contribution is 7.09. The van der Waals surface area contributed by atoms with Gasteiger partial charge in [-0.1, -0.05) is 0 Å². The van der Waals surface area contributed by atoms with Crippen LogP contribution in [0.25, 0.3) is 0 Å². The maximum absolute atomic E-state index is 9.24. The first-order valence-electron chi connectivity index (χ1n) is 5.51. The second kappa shape index (κ2) is 4.90. The molecule has 4 nitrogen and oxygen atoms in total. The van der Waals surface area contributed by atoms with Crippen molar-refractivity contribution >= 4 is 16.7 Å². The monoisotopic (exact) mass is 227 g/mol. The minimum Gasteiger partial charge on any atom is -0.393 e. The van der Waals surface area contributed by atoms with E-state index in [4.69, 9.17) is 0 Å². The molecule has 1 fully saturated rings. The second-order valence-electron chi connectivity index (χ2n) is 4.09. The van der Waals surface area contributed by atoms with Crippen molar-refractivity contribution in [1.82, 2.24) is 9.36 Å². The van der Waals surface area contributed by atoms with Gasteiger partial charge in [-0.05, 0) is 26.2 Å². The largest absolute Gasteiger partial charge is 0.393 e. The van der Waals surface area contributed by atoms with Gasteiger partial charge in [0.2, 0.25) is 5.13 Å². The van der Waals surface area contributed by atoms with Crippen molar-refractivity contribution in [3.63, 3.8) is 0 Å². The fourth-order valence-electron chi connectivity index (χ4n) is 1.81. The second-order valence-corrected chi connectivity index (χ2v) is 4.82. The molecule has 1 N–H and O–H groups in total. The number of aliphatic hydroxyl groups excluding tert-OH is 1. The maximum Gasteiger partial charge on any atom is 0.205 e. The number of nitrogens with zero attached hydrogens (tertiary/aromatic N) is 3. The van der Waals surface area contributed by atoms with Crippen molar-refractivity contribution in [2.45, 2.75) is 38.7 Å². The van der Waals surface area contributed by atoms with Crippen LogP contribution in [0, 0.1) is 0 Å². The third kappa shape index (κ3) is 2.89. The Balaban J connectivity index is 1.99. The van der Waals surface area contributed by atoms with Gasteiger partial charge in [0.25, 0.3) is 0 Å². The number of hydrogen-bond acceptors (Lipinski definition) is 5. The van der Waals surface area contributed by atoms with Gasteiger partial charge < -0.3 is 10.0 Å². The average Bonchev–Trinajstić information content (AvgIpc) is 2.67. The number of aliphatic hydroxyl groups is 1. The van der Waals surface area contributed by atoms with Crippen LogP contribution in [-0.4, -0.2) is 33.7 Å². The summed E-state index contributed by atoms with van der Waals surface area (Å²) in [7, 11) is 0. The highest BCUT2D eigenvalue weighted by Crippen LogP contribution is 2.21. The summed E-state index contributed by atoms with van der Waals surface area (Å²) in [5, 5.41) is 10.3. The summed E-state index contributed by atoms with van der Waals surface area (Å²) in [6.07, 6.45) is 4.05. The summed E-state index contributed by atoms with van der Waals surface area (Å²) in [5.74, 6) is 0.774. The van der Waals surface area contributed by atoms with Crippen LogP contribution in [0.15, 0.2) is 0 Å². The predicted molar refractivity (Wildman–Crippen MR) is 61.4 cm³/mol. The molecular formula is C10H17N3OS. The van der Waals surface area contributed by atoms with E-state index < -0.39 is 0 Å². The predicted octanol–water partition coefficient (Wildman–Crippen LogP) is 1.45. The molecule has 84 valence electrons. The van der Waals surface area contributed by atoms with Crippen LogP contribution in [0.1, 0.15) is 32.0 Å². The Bertz CT molecular complexity index is 307. The molecule has 0 radical (unpaired) electrons. The summed E-state index contributed by atoms with van der Waals surface area (Å²) in [4.78, 5) is 6.75. The van der Waals surface area contributed by atoms with E-state index in [2.05, 4.69) is 14.3 Å². The van der Waals surface area contributed by atoms with Gasteiger partial charge in [-0.2, -0.15) is 4.37 Å². The lowest BCUT2D eigenvalue weighted by atomic mass is 10.1. The average molecular weight is 227 g/mol. The van der Waals surface area contributed by atoms with E-state index in [1.165, 1.54) is 30.8 Å². The minimum atomic E-state index is -0.353. The number of hydrogen-bond donors (Lipinski definition) is 1. The molecule has 0 bridgehead atoms. The van der Waals surface area contributed by atoms with Crippen LogP contribution in [0.3, 0.4) is 0 Å². The maximum atomic E-state index is 9.24. The molecule has 5 heteroatoms. The number of anilines is 1. The van der Waals surface area contributed by atoms with Gasteiger partial charge in [-0.15, -0.1) is 0 Å². The zero-order valence-electron chi connectivity index (χ0n) is 9.02. The van der Waals surface area contributed by atoms with Crippen LogP contribution < -0.4 is 4.90 Å². The summed E-state index contributed by atoms with van der Waals surface area (Å²) >= 11 is 1.45. The van der Waals surface area contributed by atoms with Crippen molar-refractivity contribution in [2.24, 2.45) is 0 Å². The Hall–Kier alpha value is -0.680.